The van der Waals surface area contributed by atoms with Crippen molar-refractivity contribution >= 4 is 39.6 Å². The largest absolute Gasteiger partial charge is 0.508 e. The number of fused-ring (bicyclic) bond motifs is 2. The molecule has 1 amide bonds. The van der Waals surface area contributed by atoms with Gasteiger partial charge in [0.05, 0.1) is 18.0 Å². The van der Waals surface area contributed by atoms with Crippen molar-refractivity contribution in [3.05, 3.63) is 61.1 Å². The molecule has 188 valence electrons. The number of rotatable bonds is 6. The number of phenols is 1. The molecule has 0 spiro atoms. The molecule has 11 heteroatoms. The second-order valence-corrected chi connectivity index (χ2v) is 9.05. The van der Waals surface area contributed by atoms with Crippen molar-refractivity contribution in [2.45, 2.75) is 13.5 Å². The molecule has 37 heavy (non-hydrogen) atoms. The summed E-state index contributed by atoms with van der Waals surface area (Å²) in [7, 11) is 0. The van der Waals surface area contributed by atoms with Gasteiger partial charge in [0, 0.05) is 57.3 Å². The number of hydrogen-bond acceptors (Lipinski definition) is 8. The third-order valence-electron chi connectivity index (χ3n) is 6.62. The van der Waals surface area contributed by atoms with Crippen LogP contribution < -0.4 is 15.1 Å². The smallest absolute Gasteiger partial charge is 0.229 e. The lowest BCUT2D eigenvalue weighted by molar-refractivity contribution is -0.118. The number of imidazole rings is 1. The summed E-state index contributed by atoms with van der Waals surface area (Å²) in [4.78, 5) is 30.4. The summed E-state index contributed by atoms with van der Waals surface area (Å²) in [6.45, 7) is 5.61. The molecule has 0 atom stereocenters. The number of piperazine rings is 1. The summed E-state index contributed by atoms with van der Waals surface area (Å²) in [5.41, 5.74) is 3.38. The molecule has 0 aliphatic carbocycles. The molecule has 0 saturated carbocycles. The molecule has 11 nitrogen and oxygen atoms in total. The number of nitrogens with zero attached hydrogens (tertiary/aromatic N) is 8. The minimum Gasteiger partial charge on any atom is -0.508 e. The number of benzene rings is 2. The average Bonchev–Trinajstić information content (AvgIpc) is 3.53. The van der Waals surface area contributed by atoms with E-state index >= 15 is 0 Å². The van der Waals surface area contributed by atoms with Gasteiger partial charge in [-0.2, -0.15) is 15.1 Å². The minimum absolute atomic E-state index is 0.0741. The van der Waals surface area contributed by atoms with Gasteiger partial charge in [-0.05, 0) is 30.3 Å². The number of aromatic hydroxyl groups is 1. The van der Waals surface area contributed by atoms with Crippen LogP contribution >= 0.6 is 0 Å². The number of para-hydroxylation sites is 1. The third-order valence-corrected chi connectivity index (χ3v) is 6.62. The van der Waals surface area contributed by atoms with E-state index in [9.17, 15) is 9.90 Å². The van der Waals surface area contributed by atoms with Gasteiger partial charge in [-0.25, -0.2) is 9.67 Å². The lowest BCUT2D eigenvalue weighted by Crippen LogP contribution is -2.47. The second-order valence-electron chi connectivity index (χ2n) is 9.05. The van der Waals surface area contributed by atoms with Gasteiger partial charge in [0.1, 0.15) is 5.75 Å². The summed E-state index contributed by atoms with van der Waals surface area (Å²) in [6.07, 6.45) is 3.57. The number of amides is 1. The Morgan fingerprint density at radius 3 is 2.54 bits per heavy atom. The molecule has 5 aromatic rings. The van der Waals surface area contributed by atoms with Gasteiger partial charge in [0.2, 0.25) is 11.9 Å². The van der Waals surface area contributed by atoms with E-state index < -0.39 is 0 Å². The molecular formula is C26H27N9O2. The molecule has 0 radical (unpaired) electrons. The number of phenolic OH excluding ortho intramolecular Hbond substituents is 1. The Bertz CT molecular complexity index is 1570. The summed E-state index contributed by atoms with van der Waals surface area (Å²) in [5, 5.41) is 18.1. The van der Waals surface area contributed by atoms with E-state index in [0.717, 1.165) is 42.8 Å². The van der Waals surface area contributed by atoms with Crippen LogP contribution in [0.2, 0.25) is 0 Å². The Hall–Kier alpha value is -4.67. The van der Waals surface area contributed by atoms with Crippen LogP contribution in [0, 0.1) is 0 Å². The maximum atomic E-state index is 11.4. The molecule has 2 N–H and O–H groups in total. The highest BCUT2D eigenvalue weighted by atomic mass is 16.3. The molecule has 0 bridgehead atoms. The van der Waals surface area contributed by atoms with E-state index in [0.29, 0.717) is 36.0 Å². The first-order valence-electron chi connectivity index (χ1n) is 12.3. The number of carbonyl (C=O) groups is 1. The van der Waals surface area contributed by atoms with Crippen molar-refractivity contribution in [1.29, 1.82) is 0 Å². The average molecular weight is 498 g/mol. The number of nitrogens with one attached hydrogen (secondary N) is 1. The fourth-order valence-corrected chi connectivity index (χ4v) is 4.69. The molecule has 1 fully saturated rings. The molecule has 1 saturated heterocycles. The quantitative estimate of drug-likeness (QED) is 0.367. The summed E-state index contributed by atoms with van der Waals surface area (Å²) < 4.78 is 3.76. The Kier molecular flexibility index (Phi) is 5.79. The zero-order chi connectivity index (χ0) is 25.4. The van der Waals surface area contributed by atoms with Gasteiger partial charge < -0.3 is 24.8 Å². The molecule has 4 heterocycles. The predicted molar refractivity (Wildman–Crippen MR) is 141 cm³/mol. The van der Waals surface area contributed by atoms with Gasteiger partial charge in [-0.3, -0.25) is 4.79 Å². The van der Waals surface area contributed by atoms with Gasteiger partial charge >= 0.3 is 0 Å². The third kappa shape index (κ3) is 4.39. The van der Waals surface area contributed by atoms with E-state index in [1.54, 1.807) is 18.5 Å². The first kappa shape index (κ1) is 22.8. The van der Waals surface area contributed by atoms with E-state index in [2.05, 4.69) is 25.2 Å². The Labute approximate surface area is 213 Å². The van der Waals surface area contributed by atoms with Crippen molar-refractivity contribution in [1.82, 2.24) is 34.6 Å². The van der Waals surface area contributed by atoms with Crippen LogP contribution in [0.1, 0.15) is 6.92 Å². The number of anilines is 2. The highest BCUT2D eigenvalue weighted by Gasteiger charge is 2.23. The normalized spacial score (nSPS) is 14.0. The fraction of sp³-hybridized carbons (Fsp3) is 0.269. The monoisotopic (exact) mass is 497 g/mol. The second kappa shape index (κ2) is 9.41. The van der Waals surface area contributed by atoms with Gasteiger partial charge in [-0.1, -0.05) is 18.2 Å². The van der Waals surface area contributed by atoms with Crippen molar-refractivity contribution in [3.63, 3.8) is 0 Å². The van der Waals surface area contributed by atoms with Crippen molar-refractivity contribution < 1.29 is 9.90 Å². The predicted octanol–water partition coefficient (Wildman–Crippen LogP) is 2.33. The molecule has 0 unspecified atom stereocenters. The molecule has 2 aromatic carbocycles. The number of hydrogen-bond donors (Lipinski definition) is 2. The summed E-state index contributed by atoms with van der Waals surface area (Å²) in [5.74, 6) is 1.43. The summed E-state index contributed by atoms with van der Waals surface area (Å²) >= 11 is 0. The molecule has 1 aliphatic rings. The van der Waals surface area contributed by atoms with Gasteiger partial charge in [-0.15, -0.1) is 0 Å². The van der Waals surface area contributed by atoms with E-state index in [1.807, 2.05) is 51.8 Å². The summed E-state index contributed by atoms with van der Waals surface area (Å²) in [6, 6.07) is 15.3. The maximum absolute atomic E-state index is 11.4. The van der Waals surface area contributed by atoms with Gasteiger partial charge in [0.15, 0.2) is 17.0 Å². The van der Waals surface area contributed by atoms with Crippen molar-refractivity contribution in [2.24, 2.45) is 0 Å². The Balaban J connectivity index is 1.36. The topological polar surface area (TPSA) is 117 Å². The molecule has 3 aromatic heterocycles. The van der Waals surface area contributed by atoms with E-state index in [1.165, 1.54) is 6.92 Å². The van der Waals surface area contributed by atoms with Crippen molar-refractivity contribution in [2.75, 3.05) is 42.5 Å². The molecular weight excluding hydrogens is 470 g/mol. The van der Waals surface area contributed by atoms with Crippen LogP contribution in [0.4, 0.5) is 11.6 Å². The SMILES string of the molecule is CC(=O)NCCn1cnc2c(-n3ncc4ccccc43)nc(N3CCN(c4ccc(O)cc4)CC3)nc21. The van der Waals surface area contributed by atoms with Crippen LogP contribution in [0.15, 0.2) is 61.1 Å². The Morgan fingerprint density at radius 1 is 1.00 bits per heavy atom. The number of carbonyl (C=O) groups excluding carboxylic acids is 1. The zero-order valence-electron chi connectivity index (χ0n) is 20.4. The lowest BCUT2D eigenvalue weighted by Gasteiger charge is -2.36. The van der Waals surface area contributed by atoms with Crippen LogP contribution in [0.25, 0.3) is 27.9 Å². The first-order chi connectivity index (χ1) is 18.1. The number of aromatic nitrogens is 6. The van der Waals surface area contributed by atoms with E-state index in [4.69, 9.17) is 9.97 Å². The standard InChI is InChI=1S/C26H27N9O2/c1-18(36)27-10-11-34-17-28-23-24(34)30-26(31-25(23)35-22-5-3-2-4-19(22)16-29-35)33-14-12-32(13-15-33)20-6-8-21(37)9-7-20/h2-9,16-17,37H,10-15H2,1H3,(H,27,36). The highest BCUT2D eigenvalue weighted by Crippen LogP contribution is 2.26. The minimum atomic E-state index is -0.0741. The van der Waals surface area contributed by atoms with Crippen LogP contribution in [-0.4, -0.2) is 73.0 Å². The van der Waals surface area contributed by atoms with Crippen LogP contribution in [-0.2, 0) is 11.3 Å². The fourth-order valence-electron chi connectivity index (χ4n) is 4.69. The maximum Gasteiger partial charge on any atom is 0.229 e. The highest BCUT2D eigenvalue weighted by molar-refractivity contribution is 5.85. The van der Waals surface area contributed by atoms with Crippen LogP contribution in [0.5, 0.6) is 5.75 Å². The molecule has 1 aliphatic heterocycles. The van der Waals surface area contributed by atoms with Gasteiger partial charge in [0.25, 0.3) is 0 Å². The van der Waals surface area contributed by atoms with Crippen LogP contribution in [0.3, 0.4) is 0 Å². The van der Waals surface area contributed by atoms with E-state index in [-0.39, 0.29) is 11.7 Å². The molecule has 6 rings (SSSR count). The lowest BCUT2D eigenvalue weighted by atomic mass is 10.2. The first-order valence-corrected chi connectivity index (χ1v) is 12.3. The van der Waals surface area contributed by atoms with Crippen molar-refractivity contribution in [3.8, 4) is 11.6 Å². The zero-order valence-corrected chi connectivity index (χ0v) is 20.4. The Morgan fingerprint density at radius 2 is 1.76 bits per heavy atom.